The number of fused-ring (bicyclic) bond motifs is 1. The summed E-state index contributed by atoms with van der Waals surface area (Å²) in [6.07, 6.45) is 2.23. The van der Waals surface area contributed by atoms with Crippen molar-refractivity contribution in [3.63, 3.8) is 0 Å². The zero-order valence-electron chi connectivity index (χ0n) is 16.7. The molecule has 0 fully saturated rings. The fourth-order valence-electron chi connectivity index (χ4n) is 3.32. The second-order valence-electron chi connectivity index (χ2n) is 7.31. The molecule has 0 spiro atoms. The van der Waals surface area contributed by atoms with Gasteiger partial charge in [0.1, 0.15) is 5.82 Å². The molecule has 2 aromatic rings. The largest absolute Gasteiger partial charge is 0.333 e. The first-order valence-electron chi connectivity index (χ1n) is 9.69. The average Bonchev–Trinajstić information content (AvgIpc) is 2.60. The lowest BCUT2D eigenvalue weighted by molar-refractivity contribution is -0.134. The van der Waals surface area contributed by atoms with Gasteiger partial charge in [-0.1, -0.05) is 39.8 Å². The smallest absolute Gasteiger partial charge is 0.261 e. The first-order valence-corrected chi connectivity index (χ1v) is 9.69. The van der Waals surface area contributed by atoms with Crippen molar-refractivity contribution in [3.05, 3.63) is 40.4 Å². The molecule has 1 atom stereocenters. The van der Waals surface area contributed by atoms with Gasteiger partial charge in [-0.25, -0.2) is 4.98 Å². The summed E-state index contributed by atoms with van der Waals surface area (Å²) in [5, 5.41) is 0.632. The molecule has 2 rings (SSSR count). The van der Waals surface area contributed by atoms with E-state index in [9.17, 15) is 9.59 Å². The molecule has 142 valence electrons. The Labute approximate surface area is 156 Å². The average molecular weight is 357 g/mol. The predicted octanol–water partition coefficient (Wildman–Crippen LogP) is 4.15. The van der Waals surface area contributed by atoms with Crippen molar-refractivity contribution in [2.24, 2.45) is 5.92 Å². The van der Waals surface area contributed by atoms with Gasteiger partial charge in [0.15, 0.2) is 0 Å². The van der Waals surface area contributed by atoms with E-state index >= 15 is 0 Å². The maximum Gasteiger partial charge on any atom is 0.261 e. The number of aromatic nitrogens is 2. The monoisotopic (exact) mass is 357 g/mol. The first-order chi connectivity index (χ1) is 12.4. The summed E-state index contributed by atoms with van der Waals surface area (Å²) in [7, 11) is 0. The lowest BCUT2D eigenvalue weighted by Crippen LogP contribution is -2.38. The van der Waals surface area contributed by atoms with Crippen LogP contribution in [-0.2, 0) is 11.3 Å². The zero-order chi connectivity index (χ0) is 19.3. The van der Waals surface area contributed by atoms with Crippen LogP contribution in [0, 0.1) is 5.92 Å². The van der Waals surface area contributed by atoms with Crippen LogP contribution in [0.1, 0.15) is 65.7 Å². The van der Waals surface area contributed by atoms with Gasteiger partial charge in [0.25, 0.3) is 5.56 Å². The summed E-state index contributed by atoms with van der Waals surface area (Å²) >= 11 is 0. The highest BCUT2D eigenvalue weighted by Crippen LogP contribution is 2.22. The standard InChI is InChI=1S/C21H31N3O2/c1-6-12-23(19(25)14-15(3)4)16(5)20-22-18-11-9-8-10-17(18)21(26)24(20)13-7-2/h8-11,15-16H,6-7,12-14H2,1-5H3. The van der Waals surface area contributed by atoms with Gasteiger partial charge in [-0.3, -0.25) is 14.2 Å². The minimum Gasteiger partial charge on any atom is -0.333 e. The molecule has 1 amide bonds. The summed E-state index contributed by atoms with van der Waals surface area (Å²) in [5.41, 5.74) is 0.673. The van der Waals surface area contributed by atoms with Gasteiger partial charge < -0.3 is 4.90 Å². The van der Waals surface area contributed by atoms with Crippen molar-refractivity contribution in [2.45, 2.75) is 66.5 Å². The molecule has 26 heavy (non-hydrogen) atoms. The maximum absolute atomic E-state index is 13.0. The van der Waals surface area contributed by atoms with Crippen molar-refractivity contribution < 1.29 is 4.79 Å². The Balaban J connectivity index is 2.55. The Morgan fingerprint density at radius 3 is 2.46 bits per heavy atom. The molecule has 0 bridgehead atoms. The van der Waals surface area contributed by atoms with E-state index in [2.05, 4.69) is 6.92 Å². The Hall–Kier alpha value is -2.17. The molecule has 0 aliphatic heterocycles. The van der Waals surface area contributed by atoms with Gasteiger partial charge in [0.05, 0.1) is 16.9 Å². The Bertz CT molecular complexity index is 810. The highest BCUT2D eigenvalue weighted by Gasteiger charge is 2.25. The van der Waals surface area contributed by atoms with Crippen LogP contribution in [0.25, 0.3) is 10.9 Å². The van der Waals surface area contributed by atoms with E-state index in [4.69, 9.17) is 4.98 Å². The number of carbonyl (C=O) groups excluding carboxylic acids is 1. The number of para-hydroxylation sites is 1. The van der Waals surface area contributed by atoms with E-state index in [1.807, 2.05) is 56.9 Å². The minimum absolute atomic E-state index is 0.0212. The van der Waals surface area contributed by atoms with E-state index in [0.717, 1.165) is 12.8 Å². The summed E-state index contributed by atoms with van der Waals surface area (Å²) in [6.45, 7) is 11.5. The van der Waals surface area contributed by atoms with Crippen molar-refractivity contribution >= 4 is 16.8 Å². The van der Waals surface area contributed by atoms with E-state index < -0.39 is 0 Å². The normalized spacial score (nSPS) is 12.5. The second-order valence-corrected chi connectivity index (χ2v) is 7.31. The Morgan fingerprint density at radius 1 is 1.15 bits per heavy atom. The predicted molar refractivity (Wildman–Crippen MR) is 106 cm³/mol. The van der Waals surface area contributed by atoms with E-state index in [-0.39, 0.29) is 17.5 Å². The SMILES string of the molecule is CCCN(C(=O)CC(C)C)C(C)c1nc2ccccc2c(=O)n1CCC. The van der Waals surface area contributed by atoms with Gasteiger partial charge in [-0.2, -0.15) is 0 Å². The first kappa shape index (κ1) is 20.1. The number of benzene rings is 1. The number of carbonyl (C=O) groups is 1. The molecule has 1 unspecified atom stereocenters. The minimum atomic E-state index is -0.231. The number of rotatable bonds is 8. The second kappa shape index (κ2) is 8.97. The Kier molecular flexibility index (Phi) is 6.95. The lowest BCUT2D eigenvalue weighted by atomic mass is 10.1. The number of nitrogens with zero attached hydrogens (tertiary/aromatic N) is 3. The van der Waals surface area contributed by atoms with Crippen molar-refractivity contribution in [1.29, 1.82) is 0 Å². The molecule has 1 aromatic heterocycles. The van der Waals surface area contributed by atoms with E-state index in [1.54, 1.807) is 4.57 Å². The van der Waals surface area contributed by atoms with Crippen LogP contribution in [0.4, 0.5) is 0 Å². The van der Waals surface area contributed by atoms with Crippen LogP contribution in [0.15, 0.2) is 29.1 Å². The molecule has 5 nitrogen and oxygen atoms in total. The van der Waals surface area contributed by atoms with Crippen LogP contribution >= 0.6 is 0 Å². The van der Waals surface area contributed by atoms with Crippen LogP contribution in [0.2, 0.25) is 0 Å². The molecule has 1 aromatic carbocycles. The molecule has 0 aliphatic rings. The molecular formula is C21H31N3O2. The van der Waals surface area contributed by atoms with Crippen LogP contribution in [0.3, 0.4) is 0 Å². The van der Waals surface area contributed by atoms with E-state index in [1.165, 1.54) is 0 Å². The molecule has 0 saturated heterocycles. The van der Waals surface area contributed by atoms with Crippen LogP contribution < -0.4 is 5.56 Å². The van der Waals surface area contributed by atoms with Crippen LogP contribution in [-0.4, -0.2) is 26.9 Å². The molecule has 1 heterocycles. The summed E-state index contributed by atoms with van der Waals surface area (Å²) in [4.78, 5) is 32.4. The fourth-order valence-corrected chi connectivity index (χ4v) is 3.32. The molecule has 0 N–H and O–H groups in total. The maximum atomic E-state index is 13.0. The topological polar surface area (TPSA) is 55.2 Å². The molecular weight excluding hydrogens is 326 g/mol. The summed E-state index contributed by atoms with van der Waals surface area (Å²) < 4.78 is 1.75. The number of hydrogen-bond acceptors (Lipinski definition) is 3. The van der Waals surface area contributed by atoms with Gasteiger partial charge >= 0.3 is 0 Å². The quantitative estimate of drug-likeness (QED) is 0.713. The third kappa shape index (κ3) is 4.32. The summed E-state index contributed by atoms with van der Waals surface area (Å²) in [6, 6.07) is 7.20. The third-order valence-corrected chi connectivity index (χ3v) is 4.55. The van der Waals surface area contributed by atoms with Gasteiger partial charge in [-0.15, -0.1) is 0 Å². The van der Waals surface area contributed by atoms with Gasteiger partial charge in [-0.05, 0) is 37.8 Å². The Morgan fingerprint density at radius 2 is 1.85 bits per heavy atom. The van der Waals surface area contributed by atoms with E-state index in [0.29, 0.717) is 42.2 Å². The van der Waals surface area contributed by atoms with Crippen molar-refractivity contribution in [1.82, 2.24) is 14.5 Å². The number of amides is 1. The highest BCUT2D eigenvalue weighted by atomic mass is 16.2. The summed E-state index contributed by atoms with van der Waals surface area (Å²) in [5.74, 6) is 1.11. The lowest BCUT2D eigenvalue weighted by Gasteiger charge is -2.31. The third-order valence-electron chi connectivity index (χ3n) is 4.55. The zero-order valence-corrected chi connectivity index (χ0v) is 16.7. The molecule has 0 saturated carbocycles. The molecule has 0 radical (unpaired) electrons. The van der Waals surface area contributed by atoms with Gasteiger partial charge in [0, 0.05) is 19.5 Å². The van der Waals surface area contributed by atoms with Crippen molar-refractivity contribution in [2.75, 3.05) is 6.54 Å². The fraction of sp³-hybridized carbons (Fsp3) is 0.571. The van der Waals surface area contributed by atoms with Crippen molar-refractivity contribution in [3.8, 4) is 0 Å². The van der Waals surface area contributed by atoms with Gasteiger partial charge in [0.2, 0.25) is 5.91 Å². The van der Waals surface area contributed by atoms with Crippen LogP contribution in [0.5, 0.6) is 0 Å². The highest BCUT2D eigenvalue weighted by molar-refractivity contribution is 5.78. The molecule has 5 heteroatoms. The molecule has 0 aliphatic carbocycles. The number of hydrogen-bond donors (Lipinski definition) is 0.